The Morgan fingerprint density at radius 3 is 2.63 bits per heavy atom. The zero-order chi connectivity index (χ0) is 21.6. The molecule has 0 saturated heterocycles. The molecular formula is C19H14F4N4O3. The summed E-state index contributed by atoms with van der Waals surface area (Å²) in [7, 11) is 0. The first-order valence-electron chi connectivity index (χ1n) is 8.74. The van der Waals surface area contributed by atoms with Crippen LogP contribution in [0.3, 0.4) is 0 Å². The number of rotatable bonds is 5. The Hall–Kier alpha value is -3.60. The van der Waals surface area contributed by atoms with Gasteiger partial charge in [-0.25, -0.2) is 9.18 Å². The summed E-state index contributed by atoms with van der Waals surface area (Å²) in [4.78, 5) is 31.6. The number of nitrogens with one attached hydrogen (secondary N) is 2. The molecule has 4 rings (SSSR count). The van der Waals surface area contributed by atoms with Gasteiger partial charge in [0.2, 0.25) is 0 Å². The minimum atomic E-state index is -5.32. The summed E-state index contributed by atoms with van der Waals surface area (Å²) in [6.45, 7) is 0.514. The average molecular weight is 422 g/mol. The zero-order valence-electron chi connectivity index (χ0n) is 15.1. The molecule has 3 aromatic rings. The SMILES string of the molecule is NCCNc1cc(-c2ccc[nH]2)c2c3c(ccc(F)c13)N(OC(=O)C(F)(F)F)C2=O. The number of aromatic nitrogens is 1. The molecule has 1 aliphatic rings. The number of carbonyl (C=O) groups is 2. The highest BCUT2D eigenvalue weighted by molar-refractivity contribution is 6.29. The highest BCUT2D eigenvalue weighted by Crippen LogP contribution is 2.46. The van der Waals surface area contributed by atoms with Gasteiger partial charge in [0.1, 0.15) is 5.82 Å². The van der Waals surface area contributed by atoms with Gasteiger partial charge in [0.15, 0.2) is 0 Å². The van der Waals surface area contributed by atoms with Crippen LogP contribution in [0.25, 0.3) is 22.0 Å². The van der Waals surface area contributed by atoms with Gasteiger partial charge in [-0.15, -0.1) is 5.06 Å². The van der Waals surface area contributed by atoms with Crippen LogP contribution in [0.5, 0.6) is 0 Å². The standard InChI is InChI=1S/C19H14F4N4O3/c20-10-3-4-13-16-14(17(28)27(13)30-18(29)19(21,22)23)9(11-2-1-6-25-11)8-12(15(10)16)26-7-5-24/h1-4,6,8,25-26H,5,7,24H2. The van der Waals surface area contributed by atoms with Gasteiger partial charge < -0.3 is 20.9 Å². The lowest BCUT2D eigenvalue weighted by molar-refractivity contribution is -0.199. The molecule has 0 saturated carbocycles. The Kier molecular flexibility index (Phi) is 4.61. The number of alkyl halides is 3. The van der Waals surface area contributed by atoms with E-state index in [0.29, 0.717) is 16.9 Å². The van der Waals surface area contributed by atoms with E-state index in [0.717, 1.165) is 12.1 Å². The van der Waals surface area contributed by atoms with Crippen molar-refractivity contribution in [3.8, 4) is 11.3 Å². The highest BCUT2D eigenvalue weighted by Gasteiger charge is 2.46. The second-order valence-electron chi connectivity index (χ2n) is 6.44. The van der Waals surface area contributed by atoms with Gasteiger partial charge in [-0.1, -0.05) is 0 Å². The van der Waals surface area contributed by atoms with Crippen molar-refractivity contribution in [3.63, 3.8) is 0 Å². The fourth-order valence-electron chi connectivity index (χ4n) is 3.39. The summed E-state index contributed by atoms with van der Waals surface area (Å²) >= 11 is 0. The molecule has 11 heteroatoms. The Morgan fingerprint density at radius 2 is 2.00 bits per heavy atom. The van der Waals surface area contributed by atoms with Crippen LogP contribution in [0.4, 0.5) is 28.9 Å². The van der Waals surface area contributed by atoms with Crippen LogP contribution in [0, 0.1) is 5.82 Å². The molecule has 0 spiro atoms. The van der Waals surface area contributed by atoms with Crippen molar-refractivity contribution in [2.45, 2.75) is 6.18 Å². The first-order chi connectivity index (χ1) is 14.2. The Bertz CT molecular complexity index is 1160. The number of nitrogens with two attached hydrogens (primary N) is 1. The molecule has 0 fully saturated rings. The third kappa shape index (κ3) is 3.03. The van der Waals surface area contributed by atoms with Crippen LogP contribution in [-0.4, -0.2) is 36.1 Å². The van der Waals surface area contributed by atoms with Gasteiger partial charge in [0, 0.05) is 47.0 Å². The maximum Gasteiger partial charge on any atom is 0.493 e. The monoisotopic (exact) mass is 422 g/mol. The molecule has 1 aromatic heterocycles. The normalized spacial score (nSPS) is 13.2. The van der Waals surface area contributed by atoms with Crippen LogP contribution in [0.2, 0.25) is 0 Å². The number of hydroxylamine groups is 1. The van der Waals surface area contributed by atoms with Gasteiger partial charge in [0.05, 0.1) is 11.3 Å². The smallest absolute Gasteiger partial charge is 0.383 e. The summed E-state index contributed by atoms with van der Waals surface area (Å²) in [6.07, 6.45) is -3.73. The van der Waals surface area contributed by atoms with E-state index in [1.807, 2.05) is 0 Å². The number of H-pyrrole nitrogens is 1. The van der Waals surface area contributed by atoms with E-state index >= 15 is 0 Å². The number of halogens is 4. The number of amides is 1. The lowest BCUT2D eigenvalue weighted by Crippen LogP contribution is -2.36. The van der Waals surface area contributed by atoms with E-state index in [1.54, 1.807) is 18.3 Å². The molecule has 1 amide bonds. The van der Waals surface area contributed by atoms with Crippen LogP contribution < -0.4 is 16.1 Å². The van der Waals surface area contributed by atoms with Gasteiger partial charge in [0.25, 0.3) is 5.91 Å². The predicted molar refractivity (Wildman–Crippen MR) is 100 cm³/mol. The third-order valence-electron chi connectivity index (χ3n) is 4.58. The highest BCUT2D eigenvalue weighted by atomic mass is 19.4. The van der Waals surface area contributed by atoms with Crippen LogP contribution in [0.15, 0.2) is 36.5 Å². The lowest BCUT2D eigenvalue weighted by atomic mass is 9.96. The molecule has 2 aromatic carbocycles. The average Bonchev–Trinajstić information content (AvgIpc) is 3.31. The molecule has 30 heavy (non-hydrogen) atoms. The van der Waals surface area contributed by atoms with E-state index in [4.69, 9.17) is 5.73 Å². The van der Waals surface area contributed by atoms with E-state index in [9.17, 15) is 27.2 Å². The third-order valence-corrected chi connectivity index (χ3v) is 4.58. The number of anilines is 2. The van der Waals surface area contributed by atoms with Crippen molar-refractivity contribution in [3.05, 3.63) is 47.9 Å². The van der Waals surface area contributed by atoms with Gasteiger partial charge in [-0.3, -0.25) is 4.79 Å². The maximum absolute atomic E-state index is 14.7. The Morgan fingerprint density at radius 1 is 1.23 bits per heavy atom. The second kappa shape index (κ2) is 7.02. The van der Waals surface area contributed by atoms with Crippen molar-refractivity contribution in [1.82, 2.24) is 4.98 Å². The molecule has 0 radical (unpaired) electrons. The van der Waals surface area contributed by atoms with E-state index in [2.05, 4.69) is 15.1 Å². The molecule has 0 bridgehead atoms. The maximum atomic E-state index is 14.7. The summed E-state index contributed by atoms with van der Waals surface area (Å²) in [5, 5.41) is 3.21. The number of carbonyl (C=O) groups excluding carboxylic acids is 2. The quantitative estimate of drug-likeness (QED) is 0.548. The zero-order valence-corrected chi connectivity index (χ0v) is 15.1. The minimum Gasteiger partial charge on any atom is -0.383 e. The molecule has 7 nitrogen and oxygen atoms in total. The van der Waals surface area contributed by atoms with Crippen molar-refractivity contribution in [2.75, 3.05) is 23.5 Å². The lowest BCUT2D eigenvalue weighted by Gasteiger charge is -2.17. The Balaban J connectivity index is 1.98. The molecule has 4 N–H and O–H groups in total. The summed E-state index contributed by atoms with van der Waals surface area (Å²) in [5.41, 5.74) is 6.31. The first kappa shape index (κ1) is 19.7. The van der Waals surface area contributed by atoms with Crippen LogP contribution >= 0.6 is 0 Å². The fourth-order valence-corrected chi connectivity index (χ4v) is 3.39. The second-order valence-corrected chi connectivity index (χ2v) is 6.44. The van der Waals surface area contributed by atoms with Gasteiger partial charge in [-0.05, 0) is 30.3 Å². The van der Waals surface area contributed by atoms with Gasteiger partial charge >= 0.3 is 12.1 Å². The molecule has 0 unspecified atom stereocenters. The number of hydrogen-bond donors (Lipinski definition) is 3. The molecule has 0 atom stereocenters. The Labute approximate surface area is 166 Å². The fraction of sp³-hybridized carbons (Fsp3) is 0.158. The number of hydrogen-bond acceptors (Lipinski definition) is 5. The van der Waals surface area contributed by atoms with Crippen LogP contribution in [-0.2, 0) is 9.63 Å². The minimum absolute atomic E-state index is 0.0230. The summed E-state index contributed by atoms with van der Waals surface area (Å²) in [6, 6.07) is 6.87. The number of aromatic amines is 1. The van der Waals surface area contributed by atoms with Crippen molar-refractivity contribution >= 4 is 34.0 Å². The predicted octanol–water partition coefficient (Wildman–Crippen LogP) is 3.33. The van der Waals surface area contributed by atoms with E-state index < -0.39 is 23.9 Å². The summed E-state index contributed by atoms with van der Waals surface area (Å²) in [5.74, 6) is -4.29. The van der Waals surface area contributed by atoms with Crippen molar-refractivity contribution in [2.24, 2.45) is 5.73 Å². The largest absolute Gasteiger partial charge is 0.493 e. The molecule has 1 aliphatic heterocycles. The van der Waals surface area contributed by atoms with Crippen molar-refractivity contribution < 1.29 is 32.0 Å². The molecular weight excluding hydrogens is 408 g/mol. The molecule has 2 heterocycles. The molecule has 0 aliphatic carbocycles. The summed E-state index contributed by atoms with van der Waals surface area (Å²) < 4.78 is 52.9. The first-order valence-corrected chi connectivity index (χ1v) is 8.74. The van der Waals surface area contributed by atoms with Crippen LogP contribution in [0.1, 0.15) is 10.4 Å². The van der Waals surface area contributed by atoms with E-state index in [-0.39, 0.29) is 40.2 Å². The van der Waals surface area contributed by atoms with Gasteiger partial charge in [-0.2, -0.15) is 13.2 Å². The number of benzene rings is 2. The number of nitrogens with zero attached hydrogens (tertiary/aromatic N) is 1. The molecule has 156 valence electrons. The van der Waals surface area contributed by atoms with E-state index in [1.165, 1.54) is 6.07 Å². The van der Waals surface area contributed by atoms with Crippen molar-refractivity contribution in [1.29, 1.82) is 0 Å². The topological polar surface area (TPSA) is 100 Å².